The molecule has 1 aromatic rings. The van der Waals surface area contributed by atoms with Crippen LogP contribution < -0.4 is 5.32 Å². The van der Waals surface area contributed by atoms with E-state index in [1.54, 1.807) is 7.05 Å². The molecule has 0 spiro atoms. The van der Waals surface area contributed by atoms with Crippen molar-refractivity contribution in [2.75, 3.05) is 20.1 Å². The first-order valence-electron chi connectivity index (χ1n) is 6.92. The summed E-state index contributed by atoms with van der Waals surface area (Å²) < 4.78 is 13.1. The number of nitrogens with zero attached hydrogens (tertiary/aromatic N) is 2. The quantitative estimate of drug-likeness (QED) is 0.683. The highest BCUT2D eigenvalue weighted by Gasteiger charge is 2.27. The lowest BCUT2D eigenvalue weighted by molar-refractivity contribution is -0.385. The number of hydrogen-bond acceptors (Lipinski definition) is 4. The number of nitro groups is 1. The molecule has 21 heavy (non-hydrogen) atoms. The predicted molar refractivity (Wildman–Crippen MR) is 75.7 cm³/mol. The second-order valence-electron chi connectivity index (χ2n) is 5.17. The van der Waals surface area contributed by atoms with Gasteiger partial charge < -0.3 is 10.2 Å². The molecule has 0 saturated carbocycles. The number of hydrogen-bond donors (Lipinski definition) is 1. The molecule has 0 radical (unpaired) electrons. The van der Waals surface area contributed by atoms with E-state index >= 15 is 0 Å². The molecule has 0 aliphatic carbocycles. The van der Waals surface area contributed by atoms with Crippen molar-refractivity contribution in [3.05, 3.63) is 39.7 Å². The van der Waals surface area contributed by atoms with Crippen LogP contribution in [0.25, 0.3) is 0 Å². The molecule has 1 aromatic carbocycles. The highest BCUT2D eigenvalue weighted by Crippen LogP contribution is 2.23. The van der Waals surface area contributed by atoms with E-state index in [1.807, 2.05) is 0 Å². The second-order valence-corrected chi connectivity index (χ2v) is 5.17. The zero-order valence-electron chi connectivity index (χ0n) is 11.8. The van der Waals surface area contributed by atoms with Gasteiger partial charge in [0.2, 0.25) is 0 Å². The molecule has 6 nitrogen and oxygen atoms in total. The van der Waals surface area contributed by atoms with Crippen LogP contribution in [0.3, 0.4) is 0 Å². The minimum Gasteiger partial charge on any atom is -0.338 e. The van der Waals surface area contributed by atoms with E-state index in [1.165, 1.54) is 11.0 Å². The topological polar surface area (TPSA) is 75.5 Å². The van der Waals surface area contributed by atoms with Gasteiger partial charge in [-0.15, -0.1) is 0 Å². The standard InChI is InChI=1S/C14H18FN3O3/c1-17(11-3-2-7-16-8-6-11)14(19)12-5-4-10(15)9-13(12)18(20)21/h4-5,9,11,16H,2-3,6-8H2,1H3. The van der Waals surface area contributed by atoms with Crippen molar-refractivity contribution < 1.29 is 14.1 Å². The smallest absolute Gasteiger partial charge is 0.285 e. The number of benzene rings is 1. The molecule has 1 unspecified atom stereocenters. The molecule has 1 fully saturated rings. The molecule has 0 bridgehead atoms. The van der Waals surface area contributed by atoms with Gasteiger partial charge in [-0.3, -0.25) is 14.9 Å². The fraction of sp³-hybridized carbons (Fsp3) is 0.500. The van der Waals surface area contributed by atoms with Crippen LogP contribution in [0, 0.1) is 15.9 Å². The van der Waals surface area contributed by atoms with Crippen molar-refractivity contribution in [3.8, 4) is 0 Å². The second kappa shape index (κ2) is 6.62. The zero-order chi connectivity index (χ0) is 15.4. The molecular formula is C14H18FN3O3. The van der Waals surface area contributed by atoms with Gasteiger partial charge in [0.1, 0.15) is 11.4 Å². The highest BCUT2D eigenvalue weighted by molar-refractivity contribution is 5.98. The normalized spacial score (nSPS) is 18.9. The number of nitro benzene ring substituents is 1. The van der Waals surface area contributed by atoms with Crippen LogP contribution in [0.4, 0.5) is 10.1 Å². The molecule has 1 amide bonds. The summed E-state index contributed by atoms with van der Waals surface area (Å²) in [4.78, 5) is 24.3. The molecule has 1 atom stereocenters. The monoisotopic (exact) mass is 295 g/mol. The number of rotatable bonds is 3. The van der Waals surface area contributed by atoms with Gasteiger partial charge in [-0.05, 0) is 44.5 Å². The van der Waals surface area contributed by atoms with Gasteiger partial charge in [0.05, 0.1) is 11.0 Å². The van der Waals surface area contributed by atoms with Gasteiger partial charge in [-0.1, -0.05) is 0 Å². The van der Waals surface area contributed by atoms with Crippen LogP contribution in [0.1, 0.15) is 29.6 Å². The van der Waals surface area contributed by atoms with E-state index in [-0.39, 0.29) is 11.6 Å². The molecule has 0 aromatic heterocycles. The number of amides is 1. The van der Waals surface area contributed by atoms with E-state index in [0.29, 0.717) is 0 Å². The van der Waals surface area contributed by atoms with Gasteiger partial charge in [-0.2, -0.15) is 0 Å². The molecule has 7 heteroatoms. The first-order chi connectivity index (χ1) is 10.0. The summed E-state index contributed by atoms with van der Waals surface area (Å²) in [6.07, 6.45) is 2.61. The number of carbonyl (C=O) groups is 1. The van der Waals surface area contributed by atoms with E-state index in [0.717, 1.165) is 44.5 Å². The van der Waals surface area contributed by atoms with Crippen molar-refractivity contribution >= 4 is 11.6 Å². The molecular weight excluding hydrogens is 277 g/mol. The van der Waals surface area contributed by atoms with Crippen molar-refractivity contribution in [1.82, 2.24) is 10.2 Å². The van der Waals surface area contributed by atoms with Gasteiger partial charge in [0, 0.05) is 13.1 Å². The summed E-state index contributed by atoms with van der Waals surface area (Å²) in [5, 5.41) is 14.2. The summed E-state index contributed by atoms with van der Waals surface area (Å²) in [5.74, 6) is -1.16. The van der Waals surface area contributed by atoms with Crippen molar-refractivity contribution in [1.29, 1.82) is 0 Å². The minimum absolute atomic E-state index is 0.0390. The molecule has 2 rings (SSSR count). The Hall–Kier alpha value is -2.02. The highest BCUT2D eigenvalue weighted by atomic mass is 19.1. The Labute approximate surface area is 122 Å². The van der Waals surface area contributed by atoms with Crippen molar-refractivity contribution in [2.45, 2.75) is 25.3 Å². The first kappa shape index (κ1) is 15.4. The average Bonchev–Trinajstić information content (AvgIpc) is 2.74. The Kier molecular flexibility index (Phi) is 4.85. The van der Waals surface area contributed by atoms with E-state index in [4.69, 9.17) is 0 Å². The predicted octanol–water partition coefficient (Wildman–Crippen LogP) is 1.95. The van der Waals surface area contributed by atoms with Crippen LogP contribution in [0.2, 0.25) is 0 Å². The third kappa shape index (κ3) is 3.55. The maximum absolute atomic E-state index is 13.1. The lowest BCUT2D eigenvalue weighted by Gasteiger charge is -2.27. The van der Waals surface area contributed by atoms with Crippen molar-refractivity contribution in [3.63, 3.8) is 0 Å². The molecule has 1 aliphatic heterocycles. The van der Waals surface area contributed by atoms with Crippen LogP contribution in [-0.2, 0) is 0 Å². The molecule has 1 heterocycles. The molecule has 1 N–H and O–H groups in total. The van der Waals surface area contributed by atoms with Crippen LogP contribution in [0.5, 0.6) is 0 Å². The third-order valence-electron chi connectivity index (χ3n) is 3.80. The Morgan fingerprint density at radius 3 is 2.90 bits per heavy atom. The zero-order valence-corrected chi connectivity index (χ0v) is 11.8. The van der Waals surface area contributed by atoms with E-state index < -0.39 is 22.3 Å². The van der Waals surface area contributed by atoms with Crippen LogP contribution >= 0.6 is 0 Å². The summed E-state index contributed by atoms with van der Waals surface area (Å²) in [5.41, 5.74) is -0.556. The minimum atomic E-state index is -0.723. The maximum atomic E-state index is 13.1. The Morgan fingerprint density at radius 1 is 1.43 bits per heavy atom. The summed E-state index contributed by atoms with van der Waals surface area (Å²) in [6.45, 7) is 1.73. The van der Waals surface area contributed by atoms with Gasteiger partial charge in [0.25, 0.3) is 11.6 Å². The number of carbonyl (C=O) groups excluding carboxylic acids is 1. The van der Waals surface area contributed by atoms with E-state index in [9.17, 15) is 19.3 Å². The summed E-state index contributed by atoms with van der Waals surface area (Å²) in [7, 11) is 1.64. The fourth-order valence-electron chi connectivity index (χ4n) is 2.58. The van der Waals surface area contributed by atoms with Gasteiger partial charge in [0.15, 0.2) is 0 Å². The molecule has 114 valence electrons. The SMILES string of the molecule is CN(C(=O)c1ccc(F)cc1[N+](=O)[O-])C1CCCNCC1. The number of nitrogens with one attached hydrogen (secondary N) is 1. The largest absolute Gasteiger partial charge is 0.338 e. The Balaban J connectivity index is 2.24. The first-order valence-corrected chi connectivity index (χ1v) is 6.92. The van der Waals surface area contributed by atoms with Crippen LogP contribution in [0.15, 0.2) is 18.2 Å². The van der Waals surface area contributed by atoms with Crippen LogP contribution in [-0.4, -0.2) is 41.9 Å². The molecule has 1 saturated heterocycles. The third-order valence-corrected chi connectivity index (χ3v) is 3.80. The Bertz CT molecular complexity index is 542. The lowest BCUT2D eigenvalue weighted by Crippen LogP contribution is -2.37. The van der Waals surface area contributed by atoms with Gasteiger partial charge in [-0.25, -0.2) is 4.39 Å². The Morgan fingerprint density at radius 2 is 2.19 bits per heavy atom. The van der Waals surface area contributed by atoms with E-state index in [2.05, 4.69) is 5.32 Å². The molecule has 1 aliphatic rings. The maximum Gasteiger partial charge on any atom is 0.285 e. The van der Waals surface area contributed by atoms with Gasteiger partial charge >= 0.3 is 0 Å². The number of halogens is 1. The average molecular weight is 295 g/mol. The summed E-state index contributed by atoms with van der Waals surface area (Å²) >= 11 is 0. The fourth-order valence-corrected chi connectivity index (χ4v) is 2.58. The van der Waals surface area contributed by atoms with Crippen molar-refractivity contribution in [2.24, 2.45) is 0 Å². The summed E-state index contributed by atoms with van der Waals surface area (Å²) in [6, 6.07) is 3.08. The lowest BCUT2D eigenvalue weighted by atomic mass is 10.1.